The van der Waals surface area contributed by atoms with Crippen molar-refractivity contribution in [3.8, 4) is 0 Å². The summed E-state index contributed by atoms with van der Waals surface area (Å²) in [6.07, 6.45) is 0.954. The number of benzene rings is 1. The standard InChI is InChI=1S/C17H22F2N2O4/c1-4-8-17(2,16(24)25-3)21-14(22)7-9-20-15(23)12-6-5-11(18)10-13(12)19/h5-6,10H,4,7-9H2,1-3H3,(H,20,23)(H,21,22). The largest absolute Gasteiger partial charge is 0.467 e. The van der Waals surface area contributed by atoms with E-state index >= 15 is 0 Å². The molecule has 0 aliphatic rings. The molecule has 1 aromatic carbocycles. The van der Waals surface area contributed by atoms with Gasteiger partial charge in [0.15, 0.2) is 0 Å². The molecule has 25 heavy (non-hydrogen) atoms. The second-order valence-electron chi connectivity index (χ2n) is 5.75. The van der Waals surface area contributed by atoms with Crippen LogP contribution in [0.3, 0.4) is 0 Å². The van der Waals surface area contributed by atoms with Crippen molar-refractivity contribution in [2.75, 3.05) is 13.7 Å². The summed E-state index contributed by atoms with van der Waals surface area (Å²) in [7, 11) is 1.24. The minimum atomic E-state index is -1.15. The van der Waals surface area contributed by atoms with E-state index in [1.165, 1.54) is 7.11 Å². The van der Waals surface area contributed by atoms with Crippen LogP contribution < -0.4 is 10.6 Å². The van der Waals surface area contributed by atoms with Crippen molar-refractivity contribution in [1.29, 1.82) is 0 Å². The van der Waals surface area contributed by atoms with Gasteiger partial charge in [0, 0.05) is 19.0 Å². The highest BCUT2D eigenvalue weighted by atomic mass is 19.1. The molecule has 1 aromatic rings. The van der Waals surface area contributed by atoms with Crippen LogP contribution in [0.2, 0.25) is 0 Å². The molecule has 0 radical (unpaired) electrons. The predicted octanol–water partition coefficient (Wildman–Crippen LogP) is 1.93. The molecule has 2 amide bonds. The van der Waals surface area contributed by atoms with E-state index in [9.17, 15) is 23.2 Å². The quantitative estimate of drug-likeness (QED) is 0.697. The van der Waals surface area contributed by atoms with Gasteiger partial charge in [-0.2, -0.15) is 0 Å². The minimum absolute atomic E-state index is 0.0646. The van der Waals surface area contributed by atoms with E-state index in [4.69, 9.17) is 4.74 Å². The first kappa shape index (κ1) is 20.5. The van der Waals surface area contributed by atoms with Gasteiger partial charge in [0.05, 0.1) is 12.7 Å². The lowest BCUT2D eigenvalue weighted by Crippen LogP contribution is -2.53. The van der Waals surface area contributed by atoms with Crippen LogP contribution in [0, 0.1) is 11.6 Å². The third kappa shape index (κ3) is 5.81. The fourth-order valence-corrected chi connectivity index (χ4v) is 2.37. The Bertz CT molecular complexity index is 652. The Labute approximate surface area is 144 Å². The molecule has 1 unspecified atom stereocenters. The number of ether oxygens (including phenoxy) is 1. The summed E-state index contributed by atoms with van der Waals surface area (Å²) < 4.78 is 31.0. The smallest absolute Gasteiger partial charge is 0.331 e. The average Bonchev–Trinajstić information content (AvgIpc) is 2.53. The molecule has 0 aromatic heterocycles. The highest BCUT2D eigenvalue weighted by molar-refractivity contribution is 5.94. The van der Waals surface area contributed by atoms with E-state index < -0.39 is 35.0 Å². The van der Waals surface area contributed by atoms with E-state index in [-0.39, 0.29) is 18.5 Å². The molecule has 0 bridgehead atoms. The molecule has 0 spiro atoms. The molecule has 0 heterocycles. The maximum atomic E-state index is 13.5. The second kappa shape index (κ2) is 9.10. The zero-order chi connectivity index (χ0) is 19.0. The van der Waals surface area contributed by atoms with Crippen LogP contribution in [0.5, 0.6) is 0 Å². The Morgan fingerprint density at radius 1 is 1.24 bits per heavy atom. The zero-order valence-electron chi connectivity index (χ0n) is 14.4. The number of esters is 1. The molecule has 8 heteroatoms. The van der Waals surface area contributed by atoms with Gasteiger partial charge in [-0.1, -0.05) is 13.3 Å². The van der Waals surface area contributed by atoms with Crippen LogP contribution in [0.15, 0.2) is 18.2 Å². The van der Waals surface area contributed by atoms with Gasteiger partial charge in [0.1, 0.15) is 17.2 Å². The summed E-state index contributed by atoms with van der Waals surface area (Å²) in [6, 6.07) is 2.60. The lowest BCUT2D eigenvalue weighted by Gasteiger charge is -2.27. The van der Waals surface area contributed by atoms with E-state index in [1.807, 2.05) is 6.92 Å². The number of amides is 2. The molecule has 0 saturated heterocycles. The van der Waals surface area contributed by atoms with E-state index in [0.29, 0.717) is 18.9 Å². The first-order valence-corrected chi connectivity index (χ1v) is 7.86. The Morgan fingerprint density at radius 3 is 2.48 bits per heavy atom. The van der Waals surface area contributed by atoms with E-state index in [1.54, 1.807) is 6.92 Å². The van der Waals surface area contributed by atoms with Crippen molar-refractivity contribution >= 4 is 17.8 Å². The maximum Gasteiger partial charge on any atom is 0.331 e. The number of nitrogens with one attached hydrogen (secondary N) is 2. The molecule has 1 atom stereocenters. The molecule has 0 fully saturated rings. The van der Waals surface area contributed by atoms with Gasteiger partial charge < -0.3 is 15.4 Å². The van der Waals surface area contributed by atoms with Gasteiger partial charge in [-0.05, 0) is 25.5 Å². The number of carbonyl (C=O) groups is 3. The van der Waals surface area contributed by atoms with E-state index in [0.717, 1.165) is 12.1 Å². The summed E-state index contributed by atoms with van der Waals surface area (Å²) >= 11 is 0. The van der Waals surface area contributed by atoms with Crippen LogP contribution in [-0.2, 0) is 14.3 Å². The number of hydrogen-bond donors (Lipinski definition) is 2. The lowest BCUT2D eigenvalue weighted by molar-refractivity contribution is -0.150. The first-order valence-electron chi connectivity index (χ1n) is 7.86. The van der Waals surface area contributed by atoms with Crippen LogP contribution in [0.1, 0.15) is 43.5 Å². The van der Waals surface area contributed by atoms with Crippen molar-refractivity contribution in [3.63, 3.8) is 0 Å². The third-order valence-corrected chi connectivity index (χ3v) is 3.61. The number of halogens is 2. The van der Waals surface area contributed by atoms with Crippen LogP contribution in [0.25, 0.3) is 0 Å². The van der Waals surface area contributed by atoms with Gasteiger partial charge in [-0.15, -0.1) is 0 Å². The van der Waals surface area contributed by atoms with Crippen LogP contribution in [-0.4, -0.2) is 37.0 Å². The Morgan fingerprint density at radius 2 is 1.92 bits per heavy atom. The molecule has 0 aliphatic heterocycles. The SMILES string of the molecule is CCCC(C)(NC(=O)CCNC(=O)c1ccc(F)cc1F)C(=O)OC. The Balaban J connectivity index is 2.56. The second-order valence-corrected chi connectivity index (χ2v) is 5.75. The lowest BCUT2D eigenvalue weighted by atomic mass is 9.96. The number of carbonyl (C=O) groups excluding carboxylic acids is 3. The first-order chi connectivity index (χ1) is 11.7. The average molecular weight is 356 g/mol. The van der Waals surface area contributed by atoms with Crippen LogP contribution in [0.4, 0.5) is 8.78 Å². The van der Waals surface area contributed by atoms with Gasteiger partial charge in [0.25, 0.3) is 5.91 Å². The predicted molar refractivity (Wildman–Crippen MR) is 86.8 cm³/mol. The van der Waals surface area contributed by atoms with Crippen molar-refractivity contribution in [3.05, 3.63) is 35.4 Å². The van der Waals surface area contributed by atoms with Crippen LogP contribution >= 0.6 is 0 Å². The van der Waals surface area contributed by atoms with E-state index in [2.05, 4.69) is 10.6 Å². The zero-order valence-corrected chi connectivity index (χ0v) is 14.4. The Hall–Kier alpha value is -2.51. The normalized spacial score (nSPS) is 12.8. The number of methoxy groups -OCH3 is 1. The van der Waals surface area contributed by atoms with Gasteiger partial charge in [-0.3, -0.25) is 9.59 Å². The molecule has 0 aliphatic carbocycles. The van der Waals surface area contributed by atoms with Gasteiger partial charge in [-0.25, -0.2) is 13.6 Å². The molecular weight excluding hydrogens is 334 g/mol. The van der Waals surface area contributed by atoms with Crippen molar-refractivity contribution in [1.82, 2.24) is 10.6 Å². The fraction of sp³-hybridized carbons (Fsp3) is 0.471. The topological polar surface area (TPSA) is 84.5 Å². The van der Waals surface area contributed by atoms with Gasteiger partial charge in [0.2, 0.25) is 5.91 Å². The number of rotatable bonds is 8. The summed E-state index contributed by atoms with van der Waals surface area (Å²) in [5.74, 6) is -3.54. The molecule has 6 nitrogen and oxygen atoms in total. The van der Waals surface area contributed by atoms with Crippen molar-refractivity contribution in [2.24, 2.45) is 0 Å². The monoisotopic (exact) mass is 356 g/mol. The highest BCUT2D eigenvalue weighted by Crippen LogP contribution is 2.14. The molecule has 0 saturated carbocycles. The summed E-state index contributed by atoms with van der Waals surface area (Å²) in [6.45, 7) is 3.36. The van der Waals surface area contributed by atoms with Crippen molar-refractivity contribution < 1.29 is 27.9 Å². The summed E-state index contributed by atoms with van der Waals surface area (Å²) in [5, 5.41) is 4.96. The molecule has 1 rings (SSSR count). The maximum absolute atomic E-state index is 13.5. The van der Waals surface area contributed by atoms with Crippen molar-refractivity contribution in [2.45, 2.75) is 38.6 Å². The highest BCUT2D eigenvalue weighted by Gasteiger charge is 2.34. The molecule has 138 valence electrons. The molecular formula is C17H22F2N2O4. The number of hydrogen-bond acceptors (Lipinski definition) is 4. The summed E-state index contributed by atoms with van der Waals surface area (Å²) in [4.78, 5) is 35.6. The molecule has 2 N–H and O–H groups in total. The Kier molecular flexibility index (Phi) is 7.47. The summed E-state index contributed by atoms with van der Waals surface area (Å²) in [5.41, 5.74) is -1.46. The van der Waals surface area contributed by atoms with Gasteiger partial charge >= 0.3 is 5.97 Å². The third-order valence-electron chi connectivity index (χ3n) is 3.61. The minimum Gasteiger partial charge on any atom is -0.467 e. The fourth-order valence-electron chi connectivity index (χ4n) is 2.37.